The number of anilines is 3. The number of fused-ring (bicyclic) bond motifs is 1. The van der Waals surface area contributed by atoms with Crippen molar-refractivity contribution in [1.82, 2.24) is 24.7 Å². The van der Waals surface area contributed by atoms with E-state index in [9.17, 15) is 9.59 Å². The van der Waals surface area contributed by atoms with Crippen LogP contribution in [0, 0.1) is 0 Å². The second-order valence-corrected chi connectivity index (χ2v) is 11.1. The highest BCUT2D eigenvalue weighted by molar-refractivity contribution is 5.96. The smallest absolute Gasteiger partial charge is 0.320 e. The van der Waals surface area contributed by atoms with E-state index in [4.69, 9.17) is 10.7 Å². The summed E-state index contributed by atoms with van der Waals surface area (Å²) in [6.07, 6.45) is 3.53. The van der Waals surface area contributed by atoms with Crippen LogP contribution in [-0.4, -0.2) is 81.4 Å². The van der Waals surface area contributed by atoms with Crippen molar-refractivity contribution in [2.45, 2.75) is 58.3 Å². The molecule has 1 aromatic carbocycles. The number of hydrogen-bond donors (Lipinski definition) is 2. The van der Waals surface area contributed by atoms with E-state index < -0.39 is 5.91 Å². The van der Waals surface area contributed by atoms with Crippen molar-refractivity contribution in [1.29, 1.82) is 0 Å². The number of benzene rings is 1. The summed E-state index contributed by atoms with van der Waals surface area (Å²) in [6, 6.07) is 6.47. The standard InChI is InChI=1S/C26H36N8O2/c1-26(2,3)33-14-17-7-8-19(12-18(17)15-33)29-24-22(23(27)35)28-13-21(30-24)32-9-5-6-20(16-32)34-11-10-31(4)25(34)36/h7-8,12-13,20H,5-6,9-11,14-16H2,1-4H3,(H2,27,35)(H,29,30)/t20-/m1/s1. The fourth-order valence-corrected chi connectivity index (χ4v) is 5.31. The average molecular weight is 493 g/mol. The van der Waals surface area contributed by atoms with E-state index in [0.717, 1.165) is 51.3 Å². The Balaban J connectivity index is 1.36. The number of rotatable bonds is 5. The van der Waals surface area contributed by atoms with E-state index >= 15 is 0 Å². The van der Waals surface area contributed by atoms with Crippen LogP contribution < -0.4 is 16.0 Å². The Morgan fingerprint density at radius 1 is 1.14 bits per heavy atom. The van der Waals surface area contributed by atoms with Crippen molar-refractivity contribution in [2.75, 3.05) is 43.4 Å². The van der Waals surface area contributed by atoms with E-state index in [1.165, 1.54) is 11.1 Å². The Bertz CT molecular complexity index is 1180. The fraction of sp³-hybridized carbons (Fsp3) is 0.538. The van der Waals surface area contributed by atoms with Gasteiger partial charge in [0, 0.05) is 57.5 Å². The highest BCUT2D eigenvalue weighted by Crippen LogP contribution is 2.32. The maximum absolute atomic E-state index is 12.5. The van der Waals surface area contributed by atoms with Crippen molar-refractivity contribution in [3.8, 4) is 0 Å². The first-order chi connectivity index (χ1) is 17.1. The highest BCUT2D eigenvalue weighted by Gasteiger charge is 2.35. The lowest BCUT2D eigenvalue weighted by Gasteiger charge is -2.37. The van der Waals surface area contributed by atoms with Gasteiger partial charge >= 0.3 is 6.03 Å². The van der Waals surface area contributed by atoms with Gasteiger partial charge in [-0.3, -0.25) is 9.69 Å². The summed E-state index contributed by atoms with van der Waals surface area (Å²) in [5, 5.41) is 3.30. The second-order valence-electron chi connectivity index (χ2n) is 11.1. The molecule has 36 heavy (non-hydrogen) atoms. The van der Waals surface area contributed by atoms with Crippen LogP contribution in [0.5, 0.6) is 0 Å². The minimum Gasteiger partial charge on any atom is -0.364 e. The average Bonchev–Trinajstić information content (AvgIpc) is 3.42. The quantitative estimate of drug-likeness (QED) is 0.660. The number of aromatic nitrogens is 2. The molecule has 10 nitrogen and oxygen atoms in total. The zero-order valence-electron chi connectivity index (χ0n) is 21.6. The van der Waals surface area contributed by atoms with E-state index in [1.807, 2.05) is 18.0 Å². The number of primary amides is 1. The summed E-state index contributed by atoms with van der Waals surface area (Å²) in [7, 11) is 1.84. The number of hydrogen-bond acceptors (Lipinski definition) is 7. The summed E-state index contributed by atoms with van der Waals surface area (Å²) >= 11 is 0. The van der Waals surface area contributed by atoms with Crippen LogP contribution in [0.2, 0.25) is 0 Å². The summed E-state index contributed by atoms with van der Waals surface area (Å²) < 4.78 is 0. The number of likely N-dealkylation sites (N-methyl/N-ethyl adjacent to an activating group) is 1. The molecule has 1 atom stereocenters. The van der Waals surface area contributed by atoms with Crippen LogP contribution >= 0.6 is 0 Å². The minimum atomic E-state index is -0.626. The number of nitrogens with two attached hydrogens (primary N) is 1. The molecular weight excluding hydrogens is 456 g/mol. The maximum atomic E-state index is 12.5. The molecule has 192 valence electrons. The topological polar surface area (TPSA) is 111 Å². The van der Waals surface area contributed by atoms with Crippen molar-refractivity contribution < 1.29 is 9.59 Å². The third-order valence-corrected chi connectivity index (χ3v) is 7.54. The number of piperidine rings is 1. The molecule has 4 heterocycles. The molecule has 2 fully saturated rings. The summed E-state index contributed by atoms with van der Waals surface area (Å²) in [4.78, 5) is 42.1. The van der Waals surface area contributed by atoms with E-state index in [2.05, 4.69) is 53.0 Å². The molecule has 3 aliphatic rings. The van der Waals surface area contributed by atoms with Crippen LogP contribution in [-0.2, 0) is 13.1 Å². The number of carbonyl (C=O) groups excluding carboxylic acids is 2. The Kier molecular flexibility index (Phi) is 6.23. The molecule has 5 rings (SSSR count). The van der Waals surface area contributed by atoms with Gasteiger partial charge in [-0.15, -0.1) is 0 Å². The largest absolute Gasteiger partial charge is 0.364 e. The zero-order valence-corrected chi connectivity index (χ0v) is 21.6. The Labute approximate surface area is 212 Å². The molecule has 0 aliphatic carbocycles. The molecule has 0 spiro atoms. The molecule has 3 N–H and O–H groups in total. The predicted molar refractivity (Wildman–Crippen MR) is 139 cm³/mol. The summed E-state index contributed by atoms with van der Waals surface area (Å²) in [5.41, 5.74) is 9.26. The lowest BCUT2D eigenvalue weighted by molar-refractivity contribution is 0.0996. The number of amides is 3. The van der Waals surface area contributed by atoms with Gasteiger partial charge in [0.25, 0.3) is 5.91 Å². The van der Waals surface area contributed by atoms with Crippen LogP contribution in [0.4, 0.5) is 22.1 Å². The number of nitrogens with one attached hydrogen (secondary N) is 1. The Hall–Kier alpha value is -3.40. The minimum absolute atomic E-state index is 0.0843. The zero-order chi connectivity index (χ0) is 25.6. The first-order valence-electron chi connectivity index (χ1n) is 12.7. The lowest BCUT2D eigenvalue weighted by atomic mass is 10.0. The third-order valence-electron chi connectivity index (χ3n) is 7.54. The first kappa shape index (κ1) is 24.3. The molecule has 1 aromatic heterocycles. The fourth-order valence-electron chi connectivity index (χ4n) is 5.31. The van der Waals surface area contributed by atoms with Crippen LogP contribution in [0.1, 0.15) is 55.2 Å². The molecular formula is C26H36N8O2. The monoisotopic (exact) mass is 492 g/mol. The van der Waals surface area contributed by atoms with Crippen molar-refractivity contribution in [3.05, 3.63) is 41.2 Å². The highest BCUT2D eigenvalue weighted by atomic mass is 16.2. The van der Waals surface area contributed by atoms with Crippen molar-refractivity contribution in [2.24, 2.45) is 5.73 Å². The molecule has 0 bridgehead atoms. The van der Waals surface area contributed by atoms with Crippen LogP contribution in [0.15, 0.2) is 24.4 Å². The summed E-state index contributed by atoms with van der Waals surface area (Å²) in [5.74, 6) is 0.399. The van der Waals surface area contributed by atoms with Gasteiger partial charge in [-0.05, 0) is 56.9 Å². The van der Waals surface area contributed by atoms with Gasteiger partial charge in [0.05, 0.1) is 12.2 Å². The van der Waals surface area contributed by atoms with Gasteiger partial charge in [0.2, 0.25) is 0 Å². The normalized spacial score (nSPS) is 20.7. The number of carbonyl (C=O) groups is 2. The molecule has 10 heteroatoms. The van der Waals surface area contributed by atoms with Gasteiger partial charge in [0.1, 0.15) is 5.82 Å². The number of urea groups is 1. The van der Waals surface area contributed by atoms with Gasteiger partial charge in [-0.1, -0.05) is 6.07 Å². The van der Waals surface area contributed by atoms with Crippen molar-refractivity contribution >= 4 is 29.3 Å². The molecule has 2 aromatic rings. The lowest BCUT2D eigenvalue weighted by Crippen LogP contribution is -2.49. The molecule has 0 radical (unpaired) electrons. The van der Waals surface area contributed by atoms with E-state index in [1.54, 1.807) is 11.1 Å². The molecule has 0 unspecified atom stereocenters. The van der Waals surface area contributed by atoms with Gasteiger partial charge in [-0.25, -0.2) is 14.8 Å². The third kappa shape index (κ3) is 4.69. The summed E-state index contributed by atoms with van der Waals surface area (Å²) in [6.45, 7) is 11.5. The molecule has 0 saturated carbocycles. The van der Waals surface area contributed by atoms with Crippen molar-refractivity contribution in [3.63, 3.8) is 0 Å². The second kappa shape index (κ2) is 9.24. The van der Waals surface area contributed by atoms with E-state index in [-0.39, 0.29) is 23.3 Å². The molecule has 2 saturated heterocycles. The molecule has 3 aliphatic heterocycles. The number of nitrogens with zero attached hydrogens (tertiary/aromatic N) is 6. The van der Waals surface area contributed by atoms with E-state index in [0.29, 0.717) is 18.2 Å². The molecule has 3 amide bonds. The maximum Gasteiger partial charge on any atom is 0.320 e. The predicted octanol–water partition coefficient (Wildman–Crippen LogP) is 2.77. The van der Waals surface area contributed by atoms with Gasteiger partial charge < -0.3 is 25.8 Å². The Morgan fingerprint density at radius 2 is 1.92 bits per heavy atom. The van der Waals surface area contributed by atoms with Gasteiger partial charge in [0.15, 0.2) is 11.5 Å². The first-order valence-corrected chi connectivity index (χ1v) is 12.7. The van der Waals surface area contributed by atoms with Crippen LogP contribution in [0.3, 0.4) is 0 Å². The van der Waals surface area contributed by atoms with Crippen LogP contribution in [0.25, 0.3) is 0 Å². The van der Waals surface area contributed by atoms with Gasteiger partial charge in [-0.2, -0.15) is 0 Å². The Morgan fingerprint density at radius 3 is 2.61 bits per heavy atom. The SMILES string of the molecule is CN1CCN([C@@H]2CCCN(c3cnc(C(N)=O)c(Nc4ccc5c(c4)CN(C(C)(C)C)C5)n3)C2)C1=O.